The topological polar surface area (TPSA) is 20.3 Å². The predicted octanol–water partition coefficient (Wildman–Crippen LogP) is 4.81. The number of nitrogens with zero attached hydrogens (tertiary/aromatic N) is 1. The number of ketones is 1. The van der Waals surface area contributed by atoms with Crippen molar-refractivity contribution >= 4 is 22.8 Å². The van der Waals surface area contributed by atoms with Crippen LogP contribution < -0.4 is 4.90 Å². The van der Waals surface area contributed by atoms with Gasteiger partial charge < -0.3 is 4.90 Å². The number of benzene rings is 1. The van der Waals surface area contributed by atoms with Gasteiger partial charge in [-0.3, -0.25) is 4.79 Å². The van der Waals surface area contributed by atoms with E-state index in [1.54, 1.807) is 24.3 Å². The van der Waals surface area contributed by atoms with Crippen molar-refractivity contribution in [1.29, 1.82) is 0 Å². The molecule has 21 heavy (non-hydrogen) atoms. The van der Waals surface area contributed by atoms with Crippen LogP contribution >= 0.6 is 11.3 Å². The first kappa shape index (κ1) is 15.7. The summed E-state index contributed by atoms with van der Waals surface area (Å²) in [5.41, 5.74) is 1.82. The summed E-state index contributed by atoms with van der Waals surface area (Å²) < 4.78 is 13.8. The Kier molecular flexibility index (Phi) is 4.78. The Morgan fingerprint density at radius 1 is 1.38 bits per heavy atom. The molecular weight excluding hydrogens is 285 g/mol. The van der Waals surface area contributed by atoms with Crippen molar-refractivity contribution in [2.75, 3.05) is 4.90 Å². The van der Waals surface area contributed by atoms with Crippen LogP contribution in [0, 0.1) is 12.7 Å². The highest BCUT2D eigenvalue weighted by Crippen LogP contribution is 2.29. The molecule has 4 heteroatoms. The van der Waals surface area contributed by atoms with Crippen molar-refractivity contribution in [2.45, 2.75) is 40.3 Å². The van der Waals surface area contributed by atoms with Gasteiger partial charge in [-0.1, -0.05) is 6.07 Å². The second-order valence-corrected chi connectivity index (χ2v) is 6.51. The van der Waals surface area contributed by atoms with Crippen molar-refractivity contribution in [3.05, 3.63) is 51.5 Å². The van der Waals surface area contributed by atoms with Crippen LogP contribution in [0.2, 0.25) is 0 Å². The lowest BCUT2D eigenvalue weighted by atomic mass is 10.0. The van der Waals surface area contributed by atoms with Crippen LogP contribution in [0.5, 0.6) is 0 Å². The number of carbonyl (C=O) groups excluding carboxylic acids is 1. The molecule has 0 saturated heterocycles. The number of halogens is 1. The molecule has 0 atom stereocenters. The Labute approximate surface area is 129 Å². The molecule has 0 unspecified atom stereocenters. The van der Waals surface area contributed by atoms with E-state index < -0.39 is 0 Å². The summed E-state index contributed by atoms with van der Waals surface area (Å²) in [6.07, 6.45) is 0. The molecule has 1 aromatic carbocycles. The van der Waals surface area contributed by atoms with E-state index in [1.165, 1.54) is 17.9 Å². The van der Waals surface area contributed by atoms with Gasteiger partial charge in [0, 0.05) is 22.2 Å². The maximum atomic E-state index is 13.8. The zero-order valence-electron chi connectivity index (χ0n) is 12.8. The molecule has 2 aromatic rings. The van der Waals surface area contributed by atoms with E-state index in [0.29, 0.717) is 11.1 Å². The summed E-state index contributed by atoms with van der Waals surface area (Å²) in [5.74, 6) is -0.440. The number of Topliss-reactive ketones (excluding diaryl/α,β-unsaturated/α-hetero) is 1. The maximum absolute atomic E-state index is 13.8. The molecule has 0 fully saturated rings. The van der Waals surface area contributed by atoms with E-state index in [1.807, 2.05) is 11.4 Å². The third kappa shape index (κ3) is 3.50. The molecule has 0 amide bonds. The zero-order valence-corrected chi connectivity index (χ0v) is 13.6. The summed E-state index contributed by atoms with van der Waals surface area (Å²) in [5, 5.41) is 2.04. The summed E-state index contributed by atoms with van der Waals surface area (Å²) in [4.78, 5) is 15.2. The molecule has 1 heterocycles. The minimum atomic E-state index is -0.330. The van der Waals surface area contributed by atoms with Gasteiger partial charge >= 0.3 is 0 Å². The van der Waals surface area contributed by atoms with Gasteiger partial charge in [-0.15, -0.1) is 11.3 Å². The Morgan fingerprint density at radius 3 is 2.62 bits per heavy atom. The third-order valence-corrected chi connectivity index (χ3v) is 4.36. The molecule has 0 aliphatic rings. The second kappa shape index (κ2) is 6.39. The number of aryl methyl sites for hydroxylation is 1. The molecule has 0 radical (unpaired) electrons. The van der Waals surface area contributed by atoms with E-state index in [0.717, 1.165) is 12.2 Å². The average Bonchev–Trinajstić information content (AvgIpc) is 2.91. The Morgan fingerprint density at radius 2 is 2.10 bits per heavy atom. The minimum absolute atomic E-state index is 0.110. The van der Waals surface area contributed by atoms with E-state index in [9.17, 15) is 9.18 Å². The monoisotopic (exact) mass is 305 g/mol. The fourth-order valence-corrected chi connectivity index (χ4v) is 3.00. The van der Waals surface area contributed by atoms with Crippen molar-refractivity contribution in [2.24, 2.45) is 0 Å². The summed E-state index contributed by atoms with van der Waals surface area (Å²) in [6, 6.07) is 7.44. The second-order valence-electron chi connectivity index (χ2n) is 5.48. The van der Waals surface area contributed by atoms with Gasteiger partial charge in [0.15, 0.2) is 5.78 Å². The predicted molar refractivity (Wildman–Crippen MR) is 86.8 cm³/mol. The number of carbonyl (C=O) groups is 1. The van der Waals surface area contributed by atoms with Gasteiger partial charge in [0.25, 0.3) is 0 Å². The van der Waals surface area contributed by atoms with E-state index >= 15 is 0 Å². The van der Waals surface area contributed by atoms with Crippen molar-refractivity contribution in [3.8, 4) is 0 Å². The highest BCUT2D eigenvalue weighted by Gasteiger charge is 2.19. The smallest absolute Gasteiger partial charge is 0.161 e. The van der Waals surface area contributed by atoms with Crippen LogP contribution in [0.25, 0.3) is 0 Å². The highest BCUT2D eigenvalue weighted by atomic mass is 32.1. The molecule has 1 aromatic heterocycles. The quantitative estimate of drug-likeness (QED) is 0.739. The minimum Gasteiger partial charge on any atom is -0.363 e. The number of thiophene rings is 1. The molecule has 0 aliphatic heterocycles. The number of hydrogen-bond acceptors (Lipinski definition) is 3. The van der Waals surface area contributed by atoms with Crippen LogP contribution in [-0.4, -0.2) is 11.8 Å². The van der Waals surface area contributed by atoms with Crippen LogP contribution in [0.3, 0.4) is 0 Å². The Hall–Kier alpha value is -1.68. The maximum Gasteiger partial charge on any atom is 0.161 e. The first-order valence-corrected chi connectivity index (χ1v) is 7.88. The van der Waals surface area contributed by atoms with Gasteiger partial charge in [0.05, 0.1) is 6.54 Å². The van der Waals surface area contributed by atoms with Crippen LogP contribution in [-0.2, 0) is 6.54 Å². The van der Waals surface area contributed by atoms with Crippen molar-refractivity contribution < 1.29 is 9.18 Å². The Balaban J connectivity index is 2.49. The van der Waals surface area contributed by atoms with Crippen LogP contribution in [0.4, 0.5) is 10.1 Å². The summed E-state index contributed by atoms with van der Waals surface area (Å²) in [7, 11) is 0. The first-order chi connectivity index (χ1) is 9.90. The molecule has 2 nitrogen and oxygen atoms in total. The highest BCUT2D eigenvalue weighted by molar-refractivity contribution is 7.09. The average molecular weight is 305 g/mol. The molecule has 0 spiro atoms. The van der Waals surface area contributed by atoms with Gasteiger partial charge in [-0.25, -0.2) is 4.39 Å². The normalized spacial score (nSPS) is 11.0. The lowest BCUT2D eigenvalue weighted by Gasteiger charge is -2.30. The van der Waals surface area contributed by atoms with Crippen molar-refractivity contribution in [3.63, 3.8) is 0 Å². The SMILES string of the molecule is CC(=O)c1cc(F)c(C)cc1N(Cc1cccs1)C(C)C. The molecule has 0 N–H and O–H groups in total. The first-order valence-electron chi connectivity index (χ1n) is 7.00. The zero-order chi connectivity index (χ0) is 15.6. The van der Waals surface area contributed by atoms with E-state index in [4.69, 9.17) is 0 Å². The van der Waals surface area contributed by atoms with Gasteiger partial charge in [0.1, 0.15) is 5.82 Å². The largest absolute Gasteiger partial charge is 0.363 e. The van der Waals surface area contributed by atoms with Gasteiger partial charge in [0.2, 0.25) is 0 Å². The van der Waals surface area contributed by atoms with Crippen LogP contribution in [0.15, 0.2) is 29.6 Å². The Bertz CT molecular complexity index is 634. The van der Waals surface area contributed by atoms with Crippen molar-refractivity contribution in [1.82, 2.24) is 0 Å². The molecule has 0 saturated carbocycles. The van der Waals surface area contributed by atoms with Gasteiger partial charge in [-0.2, -0.15) is 0 Å². The molecule has 0 aliphatic carbocycles. The summed E-state index contributed by atoms with van der Waals surface area (Å²) >= 11 is 1.68. The molecular formula is C17H20FNOS. The number of hydrogen-bond donors (Lipinski definition) is 0. The van der Waals surface area contributed by atoms with E-state index in [-0.39, 0.29) is 17.6 Å². The summed E-state index contributed by atoms with van der Waals surface area (Å²) in [6.45, 7) is 8.09. The molecule has 0 bridgehead atoms. The fourth-order valence-electron chi connectivity index (χ4n) is 2.30. The molecule has 112 valence electrons. The standard InChI is InChI=1S/C17H20FNOS/c1-11(2)19(10-14-6-5-7-21-14)17-8-12(3)16(18)9-15(17)13(4)20/h5-9,11H,10H2,1-4H3. The number of anilines is 1. The fraction of sp³-hybridized carbons (Fsp3) is 0.353. The lowest BCUT2D eigenvalue weighted by Crippen LogP contribution is -2.31. The third-order valence-electron chi connectivity index (χ3n) is 3.50. The van der Waals surface area contributed by atoms with Crippen LogP contribution in [0.1, 0.15) is 41.6 Å². The molecule has 2 rings (SSSR count). The lowest BCUT2D eigenvalue weighted by molar-refractivity contribution is 0.101. The van der Waals surface area contributed by atoms with E-state index in [2.05, 4.69) is 24.8 Å². The number of rotatable bonds is 5. The van der Waals surface area contributed by atoms with Gasteiger partial charge in [-0.05, 0) is 56.8 Å².